The van der Waals surface area contributed by atoms with E-state index >= 15 is 0 Å². The monoisotopic (exact) mass is 275 g/mol. The summed E-state index contributed by atoms with van der Waals surface area (Å²) in [7, 11) is 0. The van der Waals surface area contributed by atoms with Crippen LogP contribution in [0.1, 0.15) is 69.5 Å². The van der Waals surface area contributed by atoms with E-state index in [2.05, 4.69) is 44.3 Å². The van der Waals surface area contributed by atoms with Crippen LogP contribution in [0.4, 0.5) is 0 Å². The van der Waals surface area contributed by atoms with E-state index in [4.69, 9.17) is 4.74 Å². The van der Waals surface area contributed by atoms with E-state index in [-0.39, 0.29) is 0 Å². The fourth-order valence-electron chi connectivity index (χ4n) is 3.08. The van der Waals surface area contributed by atoms with Gasteiger partial charge in [-0.15, -0.1) is 0 Å². The second kappa shape index (κ2) is 7.68. The number of nitrogens with one attached hydrogen (secondary N) is 1. The molecule has 2 heteroatoms. The zero-order valence-corrected chi connectivity index (χ0v) is 13.2. The van der Waals surface area contributed by atoms with Gasteiger partial charge in [0, 0.05) is 18.0 Å². The van der Waals surface area contributed by atoms with Crippen molar-refractivity contribution < 1.29 is 4.74 Å². The van der Waals surface area contributed by atoms with E-state index in [1.165, 1.54) is 43.2 Å². The number of ether oxygens (including phenoxy) is 1. The summed E-state index contributed by atoms with van der Waals surface area (Å²) in [5.74, 6) is 1.09. The van der Waals surface area contributed by atoms with Crippen molar-refractivity contribution in [2.24, 2.45) is 0 Å². The largest absolute Gasteiger partial charge is 0.490 e. The lowest BCUT2D eigenvalue weighted by Crippen LogP contribution is -2.33. The van der Waals surface area contributed by atoms with Crippen LogP contribution in [0, 0.1) is 6.92 Å². The highest BCUT2D eigenvalue weighted by Gasteiger charge is 2.27. The zero-order chi connectivity index (χ0) is 14.4. The van der Waals surface area contributed by atoms with Crippen LogP contribution in [0.3, 0.4) is 0 Å². The normalized spacial score (nSPS) is 21.4. The van der Waals surface area contributed by atoms with E-state index in [0.717, 1.165) is 18.7 Å². The van der Waals surface area contributed by atoms with Gasteiger partial charge in [0.15, 0.2) is 0 Å². The molecule has 1 aliphatic rings. The summed E-state index contributed by atoms with van der Waals surface area (Å²) in [4.78, 5) is 0. The van der Waals surface area contributed by atoms with Crippen molar-refractivity contribution >= 4 is 0 Å². The number of unbranched alkanes of at least 4 members (excludes halogenated alkanes) is 3. The molecule has 0 saturated carbocycles. The molecule has 0 aliphatic carbocycles. The predicted molar refractivity (Wildman–Crippen MR) is 85.4 cm³/mol. The van der Waals surface area contributed by atoms with Gasteiger partial charge in [-0.1, -0.05) is 50.8 Å². The highest BCUT2D eigenvalue weighted by atomic mass is 16.5. The smallest absolute Gasteiger partial charge is 0.124 e. The standard InChI is InChI=1S/C18H29NO/c1-4-6-7-8-9-15-13-17(19-5-2)16-12-14(3)10-11-18(16)20-15/h10-12,15,17,19H,4-9,13H2,1-3H3. The third kappa shape index (κ3) is 3.99. The van der Waals surface area contributed by atoms with Crippen LogP contribution in [-0.4, -0.2) is 12.6 Å². The number of hydrogen-bond acceptors (Lipinski definition) is 2. The molecule has 20 heavy (non-hydrogen) atoms. The molecule has 0 fully saturated rings. The molecule has 0 spiro atoms. The second-order valence-corrected chi connectivity index (χ2v) is 5.98. The molecule has 0 radical (unpaired) electrons. The van der Waals surface area contributed by atoms with Crippen molar-refractivity contribution in [3.05, 3.63) is 29.3 Å². The Morgan fingerprint density at radius 2 is 2.05 bits per heavy atom. The van der Waals surface area contributed by atoms with E-state index in [0.29, 0.717) is 12.1 Å². The molecule has 1 heterocycles. The lowest BCUT2D eigenvalue weighted by molar-refractivity contribution is 0.138. The SMILES string of the molecule is CCCCCCC1CC(NCC)c2cc(C)ccc2O1. The minimum Gasteiger partial charge on any atom is -0.490 e. The lowest BCUT2D eigenvalue weighted by Gasteiger charge is -2.33. The summed E-state index contributed by atoms with van der Waals surface area (Å²) in [6.07, 6.45) is 7.95. The van der Waals surface area contributed by atoms with Gasteiger partial charge < -0.3 is 10.1 Å². The van der Waals surface area contributed by atoms with Crippen molar-refractivity contribution in [2.45, 2.75) is 71.4 Å². The molecular weight excluding hydrogens is 246 g/mol. The van der Waals surface area contributed by atoms with E-state index in [1.807, 2.05) is 0 Å². The summed E-state index contributed by atoms with van der Waals surface area (Å²) >= 11 is 0. The molecule has 112 valence electrons. The summed E-state index contributed by atoms with van der Waals surface area (Å²) in [5, 5.41) is 3.62. The van der Waals surface area contributed by atoms with Crippen LogP contribution in [0.5, 0.6) is 5.75 Å². The highest BCUT2D eigenvalue weighted by Crippen LogP contribution is 2.36. The number of fused-ring (bicyclic) bond motifs is 1. The summed E-state index contributed by atoms with van der Waals surface area (Å²) < 4.78 is 6.20. The first kappa shape index (κ1) is 15.4. The second-order valence-electron chi connectivity index (χ2n) is 5.98. The molecule has 0 bridgehead atoms. The summed E-state index contributed by atoms with van der Waals surface area (Å²) in [6.45, 7) is 7.61. The van der Waals surface area contributed by atoms with Crippen molar-refractivity contribution in [1.82, 2.24) is 5.32 Å². The average molecular weight is 275 g/mol. The van der Waals surface area contributed by atoms with Gasteiger partial charge in [0.05, 0.1) is 0 Å². The Hall–Kier alpha value is -1.02. The molecule has 0 aromatic heterocycles. The molecular formula is C18H29NO. The van der Waals surface area contributed by atoms with Crippen molar-refractivity contribution in [2.75, 3.05) is 6.54 Å². The maximum atomic E-state index is 6.20. The number of hydrogen-bond donors (Lipinski definition) is 1. The fraction of sp³-hybridized carbons (Fsp3) is 0.667. The molecule has 1 N–H and O–H groups in total. The van der Waals surface area contributed by atoms with Crippen LogP contribution in [0.2, 0.25) is 0 Å². The molecule has 1 aromatic carbocycles. The predicted octanol–water partition coefficient (Wildman–Crippen LogP) is 4.77. The molecule has 2 atom stereocenters. The molecule has 1 aliphatic heterocycles. The van der Waals surface area contributed by atoms with Crippen LogP contribution in [-0.2, 0) is 0 Å². The van der Waals surface area contributed by atoms with Gasteiger partial charge in [-0.2, -0.15) is 0 Å². The molecule has 1 aromatic rings. The maximum absolute atomic E-state index is 6.20. The first-order valence-corrected chi connectivity index (χ1v) is 8.25. The maximum Gasteiger partial charge on any atom is 0.124 e. The lowest BCUT2D eigenvalue weighted by atomic mass is 9.92. The van der Waals surface area contributed by atoms with E-state index in [1.54, 1.807) is 0 Å². The Morgan fingerprint density at radius 1 is 1.20 bits per heavy atom. The van der Waals surface area contributed by atoms with Gasteiger partial charge in [-0.05, 0) is 32.4 Å². The van der Waals surface area contributed by atoms with E-state index < -0.39 is 0 Å². The Bertz CT molecular complexity index is 416. The van der Waals surface area contributed by atoms with Crippen molar-refractivity contribution in [3.63, 3.8) is 0 Å². The minimum absolute atomic E-state index is 0.381. The number of aryl methyl sites for hydroxylation is 1. The molecule has 2 nitrogen and oxygen atoms in total. The third-order valence-corrected chi connectivity index (χ3v) is 4.16. The van der Waals surface area contributed by atoms with Gasteiger partial charge in [0.2, 0.25) is 0 Å². The van der Waals surface area contributed by atoms with Crippen LogP contribution < -0.4 is 10.1 Å². The molecule has 0 saturated heterocycles. The Morgan fingerprint density at radius 3 is 2.80 bits per heavy atom. The van der Waals surface area contributed by atoms with Crippen LogP contribution in [0.25, 0.3) is 0 Å². The van der Waals surface area contributed by atoms with Gasteiger partial charge in [0.1, 0.15) is 11.9 Å². The van der Waals surface area contributed by atoms with Crippen molar-refractivity contribution in [1.29, 1.82) is 0 Å². The van der Waals surface area contributed by atoms with Gasteiger partial charge in [-0.25, -0.2) is 0 Å². The first-order chi connectivity index (χ1) is 9.74. The Labute approximate surface area is 123 Å². The Balaban J connectivity index is 2.01. The molecule has 0 amide bonds. The average Bonchev–Trinajstić information content (AvgIpc) is 2.44. The minimum atomic E-state index is 0.381. The zero-order valence-electron chi connectivity index (χ0n) is 13.2. The molecule has 2 unspecified atom stereocenters. The number of benzene rings is 1. The number of rotatable bonds is 7. The first-order valence-electron chi connectivity index (χ1n) is 8.25. The van der Waals surface area contributed by atoms with Crippen LogP contribution >= 0.6 is 0 Å². The molecule has 2 rings (SSSR count). The quantitative estimate of drug-likeness (QED) is 0.724. The van der Waals surface area contributed by atoms with Gasteiger partial charge in [-0.3, -0.25) is 0 Å². The summed E-state index contributed by atoms with van der Waals surface area (Å²) in [6, 6.07) is 7.03. The van der Waals surface area contributed by atoms with Crippen molar-refractivity contribution in [3.8, 4) is 5.75 Å². The highest BCUT2D eigenvalue weighted by molar-refractivity contribution is 5.40. The van der Waals surface area contributed by atoms with Crippen LogP contribution in [0.15, 0.2) is 18.2 Å². The van der Waals surface area contributed by atoms with Gasteiger partial charge in [0.25, 0.3) is 0 Å². The fourth-order valence-corrected chi connectivity index (χ4v) is 3.08. The topological polar surface area (TPSA) is 21.3 Å². The van der Waals surface area contributed by atoms with Gasteiger partial charge >= 0.3 is 0 Å². The summed E-state index contributed by atoms with van der Waals surface area (Å²) in [5.41, 5.74) is 2.66. The Kier molecular flexibility index (Phi) is 5.90. The third-order valence-electron chi connectivity index (χ3n) is 4.16. The van der Waals surface area contributed by atoms with E-state index in [9.17, 15) is 0 Å².